The van der Waals surface area contributed by atoms with Gasteiger partial charge >= 0.3 is 0 Å². The molecule has 2 N–H and O–H groups in total. The van der Waals surface area contributed by atoms with Crippen molar-refractivity contribution in [1.29, 1.82) is 0 Å². The molecule has 2 bridgehead atoms. The number of anilines is 1. The highest BCUT2D eigenvalue weighted by molar-refractivity contribution is 6.30. The monoisotopic (exact) mass is 320 g/mol. The Morgan fingerprint density at radius 3 is 2.55 bits per heavy atom. The van der Waals surface area contributed by atoms with E-state index in [2.05, 4.69) is 31.4 Å². The average Bonchev–Trinajstić information content (AvgIpc) is 2.48. The summed E-state index contributed by atoms with van der Waals surface area (Å²) < 4.78 is 0. The summed E-state index contributed by atoms with van der Waals surface area (Å²) in [7, 11) is 0. The summed E-state index contributed by atoms with van der Waals surface area (Å²) in [5.41, 5.74) is 1.38. The van der Waals surface area contributed by atoms with Crippen molar-refractivity contribution in [2.75, 3.05) is 11.9 Å². The predicted molar refractivity (Wildman–Crippen MR) is 91.0 cm³/mol. The van der Waals surface area contributed by atoms with E-state index in [-0.39, 0.29) is 5.91 Å². The zero-order valence-corrected chi connectivity index (χ0v) is 14.3. The highest BCUT2D eigenvalue weighted by Crippen LogP contribution is 2.61. The Labute approximate surface area is 137 Å². The summed E-state index contributed by atoms with van der Waals surface area (Å²) >= 11 is 5.85. The van der Waals surface area contributed by atoms with Crippen molar-refractivity contribution in [2.24, 2.45) is 23.2 Å². The summed E-state index contributed by atoms with van der Waals surface area (Å²) in [4.78, 5) is 12.2. The highest BCUT2D eigenvalue weighted by Gasteiger charge is 2.56. The van der Waals surface area contributed by atoms with Crippen LogP contribution in [-0.2, 0) is 4.79 Å². The van der Waals surface area contributed by atoms with Crippen LogP contribution in [0, 0.1) is 23.2 Å². The van der Waals surface area contributed by atoms with Crippen LogP contribution in [0.1, 0.15) is 33.6 Å². The lowest BCUT2D eigenvalue weighted by Gasteiger charge is -2.62. The molecule has 0 heterocycles. The van der Waals surface area contributed by atoms with Crippen LogP contribution in [0.5, 0.6) is 0 Å². The van der Waals surface area contributed by atoms with Crippen molar-refractivity contribution in [3.8, 4) is 0 Å². The maximum absolute atomic E-state index is 12.2. The van der Waals surface area contributed by atoms with Crippen molar-refractivity contribution in [2.45, 2.75) is 39.7 Å². The van der Waals surface area contributed by atoms with Crippen LogP contribution >= 0.6 is 11.6 Å². The number of hydrogen-bond acceptors (Lipinski definition) is 2. The van der Waals surface area contributed by atoms with Crippen molar-refractivity contribution in [3.05, 3.63) is 29.3 Å². The number of halogens is 1. The summed E-state index contributed by atoms with van der Waals surface area (Å²) in [6.45, 7) is 7.36. The second-order valence-electron chi connectivity index (χ2n) is 7.49. The standard InChI is InChI=1S/C18H25ClN2O/c1-11-15-8-12(18(15,2)3)9-16(11)21-17(22)10-20-14-6-4-13(19)5-7-14/h4-7,11-12,15-16,20H,8-10H2,1-3H3,(H,21,22)/t11-,12+,15-,16-/m1/s1. The molecule has 3 nitrogen and oxygen atoms in total. The molecule has 1 aromatic rings. The molecule has 0 saturated heterocycles. The largest absolute Gasteiger partial charge is 0.376 e. The van der Waals surface area contributed by atoms with Crippen LogP contribution in [0.3, 0.4) is 0 Å². The van der Waals surface area contributed by atoms with Gasteiger partial charge < -0.3 is 10.6 Å². The van der Waals surface area contributed by atoms with Gasteiger partial charge in [-0.25, -0.2) is 0 Å². The van der Waals surface area contributed by atoms with Crippen molar-refractivity contribution < 1.29 is 4.79 Å². The molecule has 4 rings (SSSR count). The molecule has 1 aromatic carbocycles. The number of hydrogen-bond donors (Lipinski definition) is 2. The Morgan fingerprint density at radius 1 is 1.27 bits per heavy atom. The summed E-state index contributed by atoms with van der Waals surface area (Å²) in [6, 6.07) is 7.74. The Kier molecular flexibility index (Phi) is 4.11. The van der Waals surface area contributed by atoms with Gasteiger partial charge in [-0.2, -0.15) is 0 Å². The van der Waals surface area contributed by atoms with E-state index in [1.807, 2.05) is 24.3 Å². The minimum absolute atomic E-state index is 0.0749. The van der Waals surface area contributed by atoms with E-state index in [4.69, 9.17) is 11.6 Å². The number of amides is 1. The number of nitrogens with one attached hydrogen (secondary N) is 2. The van der Waals surface area contributed by atoms with Gasteiger partial charge in [-0.3, -0.25) is 4.79 Å². The number of rotatable bonds is 4. The Balaban J connectivity index is 1.49. The number of carbonyl (C=O) groups excluding carboxylic acids is 1. The topological polar surface area (TPSA) is 41.1 Å². The first kappa shape index (κ1) is 15.7. The van der Waals surface area contributed by atoms with E-state index in [1.54, 1.807) is 0 Å². The van der Waals surface area contributed by atoms with Gasteiger partial charge in [-0.1, -0.05) is 32.4 Å². The maximum Gasteiger partial charge on any atom is 0.239 e. The van der Waals surface area contributed by atoms with Gasteiger partial charge in [-0.15, -0.1) is 0 Å². The van der Waals surface area contributed by atoms with Gasteiger partial charge in [0, 0.05) is 16.8 Å². The normalized spacial score (nSPS) is 32.0. The van der Waals surface area contributed by atoms with Gasteiger partial charge in [-0.05, 0) is 60.3 Å². The van der Waals surface area contributed by atoms with Crippen LogP contribution < -0.4 is 10.6 Å². The van der Waals surface area contributed by atoms with E-state index >= 15 is 0 Å². The molecule has 0 aromatic heterocycles. The lowest BCUT2D eigenvalue weighted by molar-refractivity contribution is -0.132. The second-order valence-corrected chi connectivity index (χ2v) is 7.93. The fourth-order valence-electron chi connectivity index (χ4n) is 4.35. The molecule has 3 fully saturated rings. The molecular formula is C18H25ClN2O. The minimum atomic E-state index is 0.0749. The van der Waals surface area contributed by atoms with Crippen LogP contribution in [0.2, 0.25) is 5.02 Å². The van der Waals surface area contributed by atoms with E-state index in [1.165, 1.54) is 6.42 Å². The van der Waals surface area contributed by atoms with Crippen LogP contribution in [0.4, 0.5) is 5.69 Å². The maximum atomic E-state index is 12.2. The molecule has 3 aliphatic rings. The average molecular weight is 321 g/mol. The number of fused-ring (bicyclic) bond motifs is 2. The van der Waals surface area contributed by atoms with E-state index in [0.29, 0.717) is 28.9 Å². The Morgan fingerprint density at radius 2 is 1.95 bits per heavy atom. The van der Waals surface area contributed by atoms with Crippen molar-refractivity contribution in [1.82, 2.24) is 5.32 Å². The summed E-state index contributed by atoms with van der Waals surface area (Å²) in [5.74, 6) is 2.16. The molecule has 3 aliphatic carbocycles. The SMILES string of the molecule is C[C@@H]1[C@H]2C[C@@H](C[C@H]1NC(=O)CNc1ccc(Cl)cc1)C2(C)C. The first-order valence-electron chi connectivity index (χ1n) is 8.16. The highest BCUT2D eigenvalue weighted by atomic mass is 35.5. The second kappa shape index (κ2) is 5.77. The molecule has 3 saturated carbocycles. The first-order chi connectivity index (χ1) is 10.4. The molecule has 1 amide bonds. The van der Waals surface area contributed by atoms with Gasteiger partial charge in [0.1, 0.15) is 0 Å². The fourth-order valence-corrected chi connectivity index (χ4v) is 4.47. The molecule has 0 unspecified atom stereocenters. The lowest BCUT2D eigenvalue weighted by Crippen LogP contribution is -2.61. The third-order valence-electron chi connectivity index (χ3n) is 6.00. The Hall–Kier alpha value is -1.22. The smallest absolute Gasteiger partial charge is 0.239 e. The van der Waals surface area contributed by atoms with Gasteiger partial charge in [0.15, 0.2) is 0 Å². The van der Waals surface area contributed by atoms with Crippen LogP contribution in [-0.4, -0.2) is 18.5 Å². The summed E-state index contributed by atoms with van der Waals surface area (Å²) in [6.07, 6.45) is 2.46. The zero-order chi connectivity index (χ0) is 15.9. The number of carbonyl (C=O) groups is 1. The van der Waals surface area contributed by atoms with Crippen LogP contribution in [0.15, 0.2) is 24.3 Å². The van der Waals surface area contributed by atoms with Crippen molar-refractivity contribution in [3.63, 3.8) is 0 Å². The van der Waals surface area contributed by atoms with Crippen LogP contribution in [0.25, 0.3) is 0 Å². The molecular weight excluding hydrogens is 296 g/mol. The fraction of sp³-hybridized carbons (Fsp3) is 0.611. The van der Waals surface area contributed by atoms with Gasteiger partial charge in [0.25, 0.3) is 0 Å². The van der Waals surface area contributed by atoms with Gasteiger partial charge in [0.2, 0.25) is 5.91 Å². The zero-order valence-electron chi connectivity index (χ0n) is 13.5. The lowest BCUT2D eigenvalue weighted by atomic mass is 9.45. The molecule has 0 aliphatic heterocycles. The van der Waals surface area contributed by atoms with Gasteiger partial charge in [0.05, 0.1) is 6.54 Å². The third-order valence-corrected chi connectivity index (χ3v) is 6.25. The molecule has 22 heavy (non-hydrogen) atoms. The number of benzene rings is 1. The molecule has 0 radical (unpaired) electrons. The van der Waals surface area contributed by atoms with Crippen molar-refractivity contribution >= 4 is 23.2 Å². The van der Waals surface area contributed by atoms with E-state index < -0.39 is 0 Å². The van der Waals surface area contributed by atoms with E-state index in [9.17, 15) is 4.79 Å². The molecule has 0 spiro atoms. The first-order valence-corrected chi connectivity index (χ1v) is 8.54. The Bertz CT molecular complexity index is 555. The molecule has 4 heteroatoms. The molecule has 120 valence electrons. The predicted octanol–water partition coefficient (Wildman–Crippen LogP) is 3.94. The summed E-state index contributed by atoms with van der Waals surface area (Å²) in [5, 5.41) is 7.07. The minimum Gasteiger partial charge on any atom is -0.376 e. The van der Waals surface area contributed by atoms with E-state index in [0.717, 1.165) is 23.9 Å². The third kappa shape index (κ3) is 2.83. The quantitative estimate of drug-likeness (QED) is 0.882. The molecule has 4 atom stereocenters.